The smallest absolute Gasteiger partial charge is 0.306 e. The minimum atomic E-state index is -0.748. The molecule has 2 unspecified atom stereocenters. The number of nitrogens with zero attached hydrogens (tertiary/aromatic N) is 1. The Labute approximate surface area is 123 Å². The van der Waals surface area contributed by atoms with E-state index in [4.69, 9.17) is 5.11 Å². The van der Waals surface area contributed by atoms with E-state index >= 15 is 0 Å². The van der Waals surface area contributed by atoms with Gasteiger partial charge in [0.15, 0.2) is 0 Å². The highest BCUT2D eigenvalue weighted by molar-refractivity contribution is 8.00. The Bertz CT molecular complexity index is 477. The Morgan fingerprint density at radius 3 is 2.65 bits per heavy atom. The molecule has 1 aromatic carbocycles. The molecule has 0 aliphatic carbocycles. The molecule has 1 fully saturated rings. The first-order valence-electron chi connectivity index (χ1n) is 6.78. The number of carbonyl (C=O) groups excluding carboxylic acids is 1. The molecule has 20 heavy (non-hydrogen) atoms. The monoisotopic (exact) mass is 293 g/mol. The maximum Gasteiger partial charge on any atom is 0.306 e. The fourth-order valence-electron chi connectivity index (χ4n) is 2.51. The van der Waals surface area contributed by atoms with Crippen LogP contribution in [0.3, 0.4) is 0 Å². The number of carbonyl (C=O) groups is 2. The van der Waals surface area contributed by atoms with Gasteiger partial charge in [-0.25, -0.2) is 0 Å². The Hall–Kier alpha value is -1.49. The van der Waals surface area contributed by atoms with Gasteiger partial charge in [0, 0.05) is 17.5 Å². The van der Waals surface area contributed by atoms with Crippen molar-refractivity contribution < 1.29 is 14.7 Å². The molecular weight excluding hydrogens is 274 g/mol. The van der Waals surface area contributed by atoms with Crippen molar-refractivity contribution in [2.45, 2.75) is 30.7 Å². The summed E-state index contributed by atoms with van der Waals surface area (Å²) in [6.07, 6.45) is 1.11. The summed E-state index contributed by atoms with van der Waals surface area (Å²) < 4.78 is 0. The van der Waals surface area contributed by atoms with Gasteiger partial charge < -0.3 is 10.0 Å². The second kappa shape index (κ2) is 6.79. The molecule has 1 N–H and O–H groups in total. The third-order valence-electron chi connectivity index (χ3n) is 3.65. The number of likely N-dealkylation sites (tertiary alicyclic amines) is 1. The summed E-state index contributed by atoms with van der Waals surface area (Å²) in [6.45, 7) is 2.48. The third-order valence-corrected chi connectivity index (χ3v) is 4.65. The topological polar surface area (TPSA) is 57.6 Å². The highest BCUT2D eigenvalue weighted by Gasteiger charge is 2.31. The number of carboxylic acids is 1. The number of hydrogen-bond acceptors (Lipinski definition) is 3. The van der Waals surface area contributed by atoms with Gasteiger partial charge in [-0.15, -0.1) is 11.8 Å². The Balaban J connectivity index is 1.85. The third kappa shape index (κ3) is 3.76. The van der Waals surface area contributed by atoms with Crippen LogP contribution < -0.4 is 0 Å². The van der Waals surface area contributed by atoms with E-state index in [0.29, 0.717) is 25.1 Å². The highest BCUT2D eigenvalue weighted by atomic mass is 32.2. The molecule has 0 aromatic heterocycles. The van der Waals surface area contributed by atoms with Crippen molar-refractivity contribution in [1.82, 2.24) is 4.90 Å². The molecule has 0 saturated carbocycles. The van der Waals surface area contributed by atoms with Gasteiger partial charge in [-0.1, -0.05) is 18.2 Å². The lowest BCUT2D eigenvalue weighted by Crippen LogP contribution is -2.46. The van der Waals surface area contributed by atoms with E-state index < -0.39 is 5.97 Å². The molecule has 4 nitrogen and oxygen atoms in total. The maximum atomic E-state index is 12.2. The van der Waals surface area contributed by atoms with Crippen molar-refractivity contribution in [3.05, 3.63) is 30.3 Å². The molecule has 2 atom stereocenters. The molecule has 2 rings (SSSR count). The van der Waals surface area contributed by atoms with Gasteiger partial charge in [-0.3, -0.25) is 9.59 Å². The van der Waals surface area contributed by atoms with Gasteiger partial charge >= 0.3 is 5.97 Å². The van der Waals surface area contributed by atoms with Crippen molar-refractivity contribution in [3.8, 4) is 0 Å². The molecule has 0 radical (unpaired) electrons. The minimum absolute atomic E-state index is 0.00808. The number of piperidine rings is 1. The molecule has 1 amide bonds. The Morgan fingerprint density at radius 2 is 2.05 bits per heavy atom. The average molecular weight is 293 g/mol. The zero-order valence-electron chi connectivity index (χ0n) is 11.5. The van der Waals surface area contributed by atoms with Crippen LogP contribution in [0.2, 0.25) is 0 Å². The Kier molecular flexibility index (Phi) is 5.06. The van der Waals surface area contributed by atoms with Crippen molar-refractivity contribution in [2.24, 2.45) is 5.92 Å². The average Bonchev–Trinajstić information content (AvgIpc) is 2.45. The second-order valence-electron chi connectivity index (χ2n) is 5.10. The predicted octanol–water partition coefficient (Wildman–Crippen LogP) is 2.49. The standard InChI is InChI=1S/C15H19NO3S/c1-11-9-12(15(18)19)7-8-16(11)14(17)10-20-13-5-3-2-4-6-13/h2-6,11-12H,7-10H2,1H3,(H,18,19). The van der Waals surface area contributed by atoms with E-state index in [2.05, 4.69) is 0 Å². The van der Waals surface area contributed by atoms with Gasteiger partial charge in [-0.05, 0) is 31.9 Å². The van der Waals surface area contributed by atoms with Crippen molar-refractivity contribution in [3.63, 3.8) is 0 Å². The Morgan fingerprint density at radius 1 is 1.35 bits per heavy atom. The van der Waals surface area contributed by atoms with Crippen LogP contribution in [-0.2, 0) is 9.59 Å². The number of amides is 1. The van der Waals surface area contributed by atoms with Crippen LogP contribution in [0.15, 0.2) is 35.2 Å². The molecule has 108 valence electrons. The number of hydrogen-bond donors (Lipinski definition) is 1. The maximum absolute atomic E-state index is 12.2. The molecule has 1 heterocycles. The number of thioether (sulfide) groups is 1. The van der Waals surface area contributed by atoms with E-state index in [9.17, 15) is 9.59 Å². The van der Waals surface area contributed by atoms with E-state index in [1.165, 1.54) is 11.8 Å². The lowest BCUT2D eigenvalue weighted by molar-refractivity contribution is -0.146. The number of carboxylic acid groups (broad SMARTS) is 1. The fraction of sp³-hybridized carbons (Fsp3) is 0.467. The van der Waals surface area contributed by atoms with Crippen LogP contribution >= 0.6 is 11.8 Å². The number of benzene rings is 1. The van der Waals surface area contributed by atoms with Crippen molar-refractivity contribution in [1.29, 1.82) is 0 Å². The quantitative estimate of drug-likeness (QED) is 0.867. The largest absolute Gasteiger partial charge is 0.481 e. The van der Waals surface area contributed by atoms with Crippen LogP contribution in [0.25, 0.3) is 0 Å². The zero-order valence-corrected chi connectivity index (χ0v) is 12.3. The van der Waals surface area contributed by atoms with Gasteiger partial charge in [-0.2, -0.15) is 0 Å². The number of rotatable bonds is 4. The molecule has 5 heteroatoms. The van der Waals surface area contributed by atoms with Gasteiger partial charge in [0.1, 0.15) is 0 Å². The molecule has 1 saturated heterocycles. The fourth-order valence-corrected chi connectivity index (χ4v) is 3.32. The molecule has 0 bridgehead atoms. The molecule has 1 aliphatic heterocycles. The van der Waals surface area contributed by atoms with Gasteiger partial charge in [0.25, 0.3) is 0 Å². The highest BCUT2D eigenvalue weighted by Crippen LogP contribution is 2.25. The summed E-state index contributed by atoms with van der Waals surface area (Å²) in [7, 11) is 0. The first-order valence-corrected chi connectivity index (χ1v) is 7.76. The van der Waals surface area contributed by atoms with E-state index in [-0.39, 0.29) is 17.9 Å². The van der Waals surface area contributed by atoms with Crippen LogP contribution in [0.4, 0.5) is 0 Å². The SMILES string of the molecule is CC1CC(C(=O)O)CCN1C(=O)CSc1ccccc1. The normalized spacial score (nSPS) is 22.6. The first-order chi connectivity index (χ1) is 9.58. The zero-order chi connectivity index (χ0) is 14.5. The lowest BCUT2D eigenvalue weighted by Gasteiger charge is -2.36. The summed E-state index contributed by atoms with van der Waals surface area (Å²) >= 11 is 1.52. The van der Waals surface area contributed by atoms with Crippen LogP contribution in [0.1, 0.15) is 19.8 Å². The van der Waals surface area contributed by atoms with Gasteiger partial charge in [0.2, 0.25) is 5.91 Å². The van der Waals surface area contributed by atoms with E-state index in [1.54, 1.807) is 0 Å². The summed E-state index contributed by atoms with van der Waals surface area (Å²) in [5.74, 6) is -0.555. The molecular formula is C15H19NO3S. The van der Waals surface area contributed by atoms with Crippen LogP contribution in [0.5, 0.6) is 0 Å². The lowest BCUT2D eigenvalue weighted by atomic mass is 9.92. The second-order valence-corrected chi connectivity index (χ2v) is 6.15. The molecule has 1 aliphatic rings. The van der Waals surface area contributed by atoms with E-state index in [0.717, 1.165) is 4.90 Å². The summed E-state index contributed by atoms with van der Waals surface area (Å²) in [5, 5.41) is 9.03. The van der Waals surface area contributed by atoms with Crippen LogP contribution in [-0.4, -0.2) is 40.2 Å². The summed E-state index contributed by atoms with van der Waals surface area (Å²) in [6, 6.07) is 9.83. The molecule has 1 aromatic rings. The molecule has 0 spiro atoms. The summed E-state index contributed by atoms with van der Waals surface area (Å²) in [5.41, 5.74) is 0. The minimum Gasteiger partial charge on any atom is -0.481 e. The number of aliphatic carboxylic acids is 1. The van der Waals surface area contributed by atoms with E-state index in [1.807, 2.05) is 42.2 Å². The summed E-state index contributed by atoms with van der Waals surface area (Å²) in [4.78, 5) is 26.1. The van der Waals surface area contributed by atoms with Crippen molar-refractivity contribution >= 4 is 23.6 Å². The first kappa shape index (κ1) is 14.9. The predicted molar refractivity (Wildman–Crippen MR) is 78.7 cm³/mol. The van der Waals surface area contributed by atoms with Crippen LogP contribution in [0, 0.1) is 5.92 Å². The van der Waals surface area contributed by atoms with Gasteiger partial charge in [0.05, 0.1) is 11.7 Å². The van der Waals surface area contributed by atoms with Crippen molar-refractivity contribution in [2.75, 3.05) is 12.3 Å².